The molecule has 112 valence electrons. The van der Waals surface area contributed by atoms with Gasteiger partial charge < -0.3 is 0 Å². The maximum Gasteiger partial charge on any atom is 0.146 e. The second-order valence-electron chi connectivity index (χ2n) is 6.82. The summed E-state index contributed by atoms with van der Waals surface area (Å²) >= 11 is 1.79. The van der Waals surface area contributed by atoms with E-state index < -0.39 is 8.07 Å². The van der Waals surface area contributed by atoms with Crippen LogP contribution in [-0.4, -0.2) is 8.07 Å². The van der Waals surface area contributed by atoms with E-state index in [1.165, 1.54) is 15.6 Å². The summed E-state index contributed by atoms with van der Waals surface area (Å²) in [7, 11) is -1.62. The summed E-state index contributed by atoms with van der Waals surface area (Å²) in [4.78, 5) is 0. The fourth-order valence-electron chi connectivity index (χ4n) is 3.66. The van der Waals surface area contributed by atoms with Crippen LogP contribution in [0.5, 0.6) is 0 Å². The number of rotatable bonds is 3. The van der Waals surface area contributed by atoms with E-state index in [1.807, 2.05) is 0 Å². The molecule has 0 aliphatic heterocycles. The third kappa shape index (κ3) is 3.10. The molecule has 2 heteroatoms. The zero-order valence-electron chi connectivity index (χ0n) is 14.0. The lowest BCUT2D eigenvalue weighted by Crippen LogP contribution is -2.43. The molecule has 0 radical (unpaired) electrons. The lowest BCUT2D eigenvalue weighted by molar-refractivity contribution is 0.838. The summed E-state index contributed by atoms with van der Waals surface area (Å²) in [6, 6.07) is 8.79. The highest BCUT2D eigenvalue weighted by molar-refractivity contribution is 7.17. The first kappa shape index (κ1) is 16.3. The third-order valence-electron chi connectivity index (χ3n) is 4.74. The molecular weight excluding hydrogens is 288 g/mol. The Morgan fingerprint density at radius 2 is 1.52 bits per heavy atom. The van der Waals surface area contributed by atoms with Gasteiger partial charge in [-0.1, -0.05) is 47.5 Å². The molecule has 2 aromatic rings. The topological polar surface area (TPSA) is 0 Å². The van der Waals surface area contributed by atoms with Crippen molar-refractivity contribution >= 4 is 29.5 Å². The molecule has 0 aliphatic rings. The number of thiophene rings is 1. The summed E-state index contributed by atoms with van der Waals surface area (Å²) in [5.41, 5.74) is 7.03. The molecule has 0 saturated carbocycles. The van der Waals surface area contributed by atoms with Gasteiger partial charge in [0.2, 0.25) is 0 Å². The Kier molecular flexibility index (Phi) is 4.96. The molecule has 1 aromatic carbocycles. The molecule has 0 spiro atoms. The minimum Gasteiger partial charge on any atom is -0.144 e. The monoisotopic (exact) mass is 314 g/mol. The molecule has 0 aliphatic carbocycles. The molecule has 0 fully saturated rings. The van der Waals surface area contributed by atoms with E-state index in [0.717, 1.165) is 0 Å². The predicted molar refractivity (Wildman–Crippen MR) is 99.8 cm³/mol. The predicted octanol–water partition coefficient (Wildman–Crippen LogP) is 6.47. The van der Waals surface area contributed by atoms with Gasteiger partial charge in [0.1, 0.15) is 8.07 Å². The summed E-state index contributed by atoms with van der Waals surface area (Å²) in [5.74, 6) is 3.53. The Morgan fingerprint density at radius 3 is 2.10 bits per heavy atom. The Hall–Kier alpha value is -1.04. The minimum atomic E-state index is -1.62. The minimum absolute atomic E-state index is 0.690. The van der Waals surface area contributed by atoms with Gasteiger partial charge in [0.05, 0.1) is 0 Å². The zero-order chi connectivity index (χ0) is 15.6. The standard InChI is InChI=1S/C19H26SSi/c1-14(2)21(15(3)4,16(5)6)12-10-17-7-8-19-18(13-17)9-11-20-19/h7-9,11,13-16H,1-6H3. The van der Waals surface area contributed by atoms with E-state index in [0.29, 0.717) is 16.6 Å². The largest absolute Gasteiger partial charge is 0.146 e. The fraction of sp³-hybridized carbons (Fsp3) is 0.474. The first-order chi connectivity index (χ1) is 9.87. The SMILES string of the molecule is CC(C)[Si](C#Cc1ccc2sccc2c1)(C(C)C)C(C)C. The molecular formula is C19H26SSi. The van der Waals surface area contributed by atoms with Crippen LogP contribution >= 0.6 is 11.3 Å². The van der Waals surface area contributed by atoms with Crippen molar-refractivity contribution in [2.45, 2.75) is 58.2 Å². The maximum absolute atomic E-state index is 3.80. The second kappa shape index (κ2) is 6.38. The van der Waals surface area contributed by atoms with E-state index >= 15 is 0 Å². The van der Waals surface area contributed by atoms with Crippen LogP contribution in [0.25, 0.3) is 10.1 Å². The average molecular weight is 315 g/mol. The van der Waals surface area contributed by atoms with E-state index in [4.69, 9.17) is 0 Å². The van der Waals surface area contributed by atoms with Gasteiger partial charge in [-0.15, -0.1) is 16.9 Å². The molecule has 0 N–H and O–H groups in total. The van der Waals surface area contributed by atoms with Crippen molar-refractivity contribution in [3.63, 3.8) is 0 Å². The van der Waals surface area contributed by atoms with Crippen molar-refractivity contribution in [1.82, 2.24) is 0 Å². The van der Waals surface area contributed by atoms with Crippen LogP contribution < -0.4 is 0 Å². The Labute approximate surface area is 134 Å². The van der Waals surface area contributed by atoms with E-state index in [-0.39, 0.29) is 0 Å². The van der Waals surface area contributed by atoms with Gasteiger partial charge in [0.25, 0.3) is 0 Å². The molecule has 0 amide bonds. The molecule has 1 heterocycles. The normalized spacial score (nSPS) is 12.2. The quantitative estimate of drug-likeness (QED) is 0.450. The van der Waals surface area contributed by atoms with Crippen LogP contribution in [0.3, 0.4) is 0 Å². The highest BCUT2D eigenvalue weighted by Crippen LogP contribution is 2.40. The lowest BCUT2D eigenvalue weighted by Gasteiger charge is -2.38. The van der Waals surface area contributed by atoms with E-state index in [9.17, 15) is 0 Å². The van der Waals surface area contributed by atoms with Crippen molar-refractivity contribution in [2.24, 2.45) is 0 Å². The molecule has 0 saturated heterocycles. The van der Waals surface area contributed by atoms with Crippen LogP contribution in [0.15, 0.2) is 29.6 Å². The van der Waals surface area contributed by atoms with Crippen LogP contribution in [0.4, 0.5) is 0 Å². The van der Waals surface area contributed by atoms with E-state index in [1.54, 1.807) is 11.3 Å². The van der Waals surface area contributed by atoms with E-state index in [2.05, 4.69) is 82.7 Å². The molecule has 0 bridgehead atoms. The number of hydrogen-bond acceptors (Lipinski definition) is 1. The summed E-state index contributed by atoms with van der Waals surface area (Å²) < 4.78 is 1.35. The Morgan fingerprint density at radius 1 is 0.905 bits per heavy atom. The van der Waals surface area contributed by atoms with Crippen LogP contribution in [0.2, 0.25) is 16.6 Å². The highest BCUT2D eigenvalue weighted by Gasteiger charge is 2.41. The average Bonchev–Trinajstić information content (AvgIpc) is 2.85. The van der Waals surface area contributed by atoms with Gasteiger partial charge in [-0.3, -0.25) is 0 Å². The third-order valence-corrected chi connectivity index (χ3v) is 11.9. The second-order valence-corrected chi connectivity index (χ2v) is 13.3. The molecule has 0 nitrogen and oxygen atoms in total. The van der Waals surface area contributed by atoms with Crippen LogP contribution in [-0.2, 0) is 0 Å². The van der Waals surface area contributed by atoms with Crippen LogP contribution in [0, 0.1) is 11.5 Å². The van der Waals surface area contributed by atoms with Gasteiger partial charge in [-0.05, 0) is 51.7 Å². The molecule has 0 atom stereocenters. The smallest absolute Gasteiger partial charge is 0.144 e. The maximum atomic E-state index is 3.80. The molecule has 21 heavy (non-hydrogen) atoms. The lowest BCUT2D eigenvalue weighted by atomic mass is 10.2. The van der Waals surface area contributed by atoms with Crippen molar-refractivity contribution in [2.75, 3.05) is 0 Å². The fourth-order valence-corrected chi connectivity index (χ4v) is 9.66. The molecule has 2 rings (SSSR count). The first-order valence-corrected chi connectivity index (χ1v) is 11.0. The zero-order valence-corrected chi connectivity index (χ0v) is 15.8. The van der Waals surface area contributed by atoms with Gasteiger partial charge in [0.15, 0.2) is 0 Å². The van der Waals surface area contributed by atoms with Gasteiger partial charge in [0, 0.05) is 10.3 Å². The Bertz CT molecular complexity index is 646. The molecule has 0 unspecified atom stereocenters. The van der Waals surface area contributed by atoms with Crippen molar-refractivity contribution < 1.29 is 0 Å². The Balaban J connectivity index is 2.45. The highest BCUT2D eigenvalue weighted by atomic mass is 32.1. The van der Waals surface area contributed by atoms with Gasteiger partial charge >= 0.3 is 0 Å². The number of benzene rings is 1. The number of fused-ring (bicyclic) bond motifs is 1. The van der Waals surface area contributed by atoms with Crippen molar-refractivity contribution in [3.05, 3.63) is 35.2 Å². The summed E-state index contributed by atoms with van der Waals surface area (Å²) in [5, 5.41) is 3.47. The summed E-state index contributed by atoms with van der Waals surface area (Å²) in [6.45, 7) is 14.2. The summed E-state index contributed by atoms with van der Waals surface area (Å²) in [6.07, 6.45) is 0. The van der Waals surface area contributed by atoms with Crippen molar-refractivity contribution in [3.8, 4) is 11.5 Å². The first-order valence-electron chi connectivity index (χ1n) is 7.88. The van der Waals surface area contributed by atoms with Gasteiger partial charge in [-0.25, -0.2) is 0 Å². The van der Waals surface area contributed by atoms with Crippen molar-refractivity contribution in [1.29, 1.82) is 0 Å². The molecule has 1 aromatic heterocycles. The van der Waals surface area contributed by atoms with Crippen LogP contribution in [0.1, 0.15) is 47.1 Å². The number of hydrogen-bond donors (Lipinski definition) is 0. The van der Waals surface area contributed by atoms with Gasteiger partial charge in [-0.2, -0.15) is 0 Å².